The normalized spacial score (nSPS) is 10.4. The van der Waals surface area contributed by atoms with Gasteiger partial charge in [0.2, 0.25) is 17.6 Å². The molecular formula is C21H22N4O5. The van der Waals surface area contributed by atoms with Gasteiger partial charge in [-0.15, -0.1) is 0 Å². The number of hydrogen-bond acceptors (Lipinski definition) is 7. The van der Waals surface area contributed by atoms with Gasteiger partial charge >= 0.3 is 0 Å². The van der Waals surface area contributed by atoms with Gasteiger partial charge < -0.3 is 24.2 Å². The summed E-state index contributed by atoms with van der Waals surface area (Å²) in [6.45, 7) is 1.77. The number of rotatable bonds is 8. The Kier molecular flexibility index (Phi) is 6.63. The monoisotopic (exact) mass is 410 g/mol. The molecule has 0 aliphatic rings. The van der Waals surface area contributed by atoms with Crippen molar-refractivity contribution in [3.63, 3.8) is 0 Å². The molecule has 1 heterocycles. The van der Waals surface area contributed by atoms with Crippen molar-refractivity contribution in [2.75, 3.05) is 26.0 Å². The third-order valence-corrected chi connectivity index (χ3v) is 4.12. The number of aromatic nitrogens is 2. The van der Waals surface area contributed by atoms with E-state index < -0.39 is 0 Å². The number of carbonyl (C=O) groups is 2. The van der Waals surface area contributed by atoms with Crippen LogP contribution in [-0.2, 0) is 11.4 Å². The maximum Gasteiger partial charge on any atom is 0.254 e. The van der Waals surface area contributed by atoms with Crippen molar-refractivity contribution in [3.8, 4) is 11.5 Å². The molecule has 0 radical (unpaired) electrons. The van der Waals surface area contributed by atoms with Crippen LogP contribution in [0, 0.1) is 6.92 Å². The van der Waals surface area contributed by atoms with Gasteiger partial charge in [0.05, 0.1) is 13.7 Å². The first-order chi connectivity index (χ1) is 14.4. The van der Waals surface area contributed by atoms with Crippen LogP contribution in [0.5, 0.6) is 11.5 Å². The van der Waals surface area contributed by atoms with E-state index in [9.17, 15) is 9.59 Å². The van der Waals surface area contributed by atoms with Crippen molar-refractivity contribution >= 4 is 17.5 Å². The lowest BCUT2D eigenvalue weighted by molar-refractivity contribution is -0.116. The van der Waals surface area contributed by atoms with Crippen LogP contribution in [0.3, 0.4) is 0 Å². The summed E-state index contributed by atoms with van der Waals surface area (Å²) < 4.78 is 15.6. The molecule has 0 spiro atoms. The Morgan fingerprint density at radius 2 is 1.90 bits per heavy atom. The number of methoxy groups -OCH3 is 1. The van der Waals surface area contributed by atoms with E-state index in [2.05, 4.69) is 15.5 Å². The Morgan fingerprint density at radius 1 is 1.13 bits per heavy atom. The van der Waals surface area contributed by atoms with Gasteiger partial charge in [0, 0.05) is 31.3 Å². The van der Waals surface area contributed by atoms with Crippen molar-refractivity contribution in [1.82, 2.24) is 15.0 Å². The van der Waals surface area contributed by atoms with Crippen molar-refractivity contribution < 1.29 is 23.6 Å². The van der Waals surface area contributed by atoms with Crippen LogP contribution in [0.25, 0.3) is 0 Å². The van der Waals surface area contributed by atoms with E-state index in [1.54, 1.807) is 69.6 Å². The predicted molar refractivity (Wildman–Crippen MR) is 108 cm³/mol. The van der Waals surface area contributed by atoms with Crippen LogP contribution in [0.1, 0.15) is 22.1 Å². The quantitative estimate of drug-likeness (QED) is 0.608. The molecule has 1 N–H and O–H groups in total. The average Bonchev–Trinajstić information content (AvgIpc) is 3.17. The zero-order valence-corrected chi connectivity index (χ0v) is 16.9. The van der Waals surface area contributed by atoms with Crippen LogP contribution in [0.15, 0.2) is 53.1 Å². The lowest BCUT2D eigenvalue weighted by Gasteiger charge is -2.17. The Hall–Kier alpha value is -3.88. The van der Waals surface area contributed by atoms with Crippen LogP contribution in [0.4, 0.5) is 5.69 Å². The highest BCUT2D eigenvalue weighted by molar-refractivity contribution is 5.99. The van der Waals surface area contributed by atoms with Gasteiger partial charge in [-0.1, -0.05) is 11.2 Å². The first-order valence-electron chi connectivity index (χ1n) is 9.16. The third kappa shape index (κ3) is 5.57. The first kappa shape index (κ1) is 20.8. The van der Waals surface area contributed by atoms with Gasteiger partial charge in [-0.3, -0.25) is 9.59 Å². The van der Waals surface area contributed by atoms with Gasteiger partial charge in [0.15, 0.2) is 6.61 Å². The van der Waals surface area contributed by atoms with E-state index in [0.717, 1.165) is 0 Å². The minimum atomic E-state index is -0.311. The highest BCUT2D eigenvalue weighted by atomic mass is 16.5. The molecule has 156 valence electrons. The number of benzene rings is 2. The average molecular weight is 410 g/mol. The van der Waals surface area contributed by atoms with E-state index >= 15 is 0 Å². The molecule has 1 aromatic heterocycles. The summed E-state index contributed by atoms with van der Waals surface area (Å²) in [7, 11) is 3.12. The molecule has 2 amide bonds. The van der Waals surface area contributed by atoms with E-state index in [-0.39, 0.29) is 25.0 Å². The third-order valence-electron chi connectivity index (χ3n) is 4.12. The molecule has 9 nitrogen and oxygen atoms in total. The number of nitrogens with one attached hydrogen (secondary N) is 1. The molecule has 0 fully saturated rings. The molecule has 30 heavy (non-hydrogen) atoms. The number of carbonyl (C=O) groups excluding carboxylic acids is 2. The van der Waals surface area contributed by atoms with Gasteiger partial charge in [-0.05, 0) is 36.4 Å². The molecule has 0 saturated heterocycles. The largest absolute Gasteiger partial charge is 0.497 e. The molecule has 0 aliphatic heterocycles. The van der Waals surface area contributed by atoms with Crippen LogP contribution >= 0.6 is 0 Å². The number of nitrogens with zero attached hydrogens (tertiary/aromatic N) is 3. The smallest absolute Gasteiger partial charge is 0.254 e. The SMILES string of the molecule is COc1cccc(NC(=O)CN(C)C(=O)c2ccc(OCc3noc(C)n3)cc2)c1. The number of likely N-dealkylation sites (N-methyl/N-ethyl adjacent to an activating group) is 1. The lowest BCUT2D eigenvalue weighted by Crippen LogP contribution is -2.34. The zero-order chi connectivity index (χ0) is 21.5. The van der Waals surface area contributed by atoms with Crippen molar-refractivity contribution in [2.45, 2.75) is 13.5 Å². The number of amides is 2. The fraction of sp³-hybridized carbons (Fsp3) is 0.238. The van der Waals surface area contributed by atoms with Gasteiger partial charge in [-0.25, -0.2) is 0 Å². The maximum atomic E-state index is 12.6. The van der Waals surface area contributed by atoms with Crippen LogP contribution in [-0.4, -0.2) is 47.6 Å². The van der Waals surface area contributed by atoms with Gasteiger partial charge in [-0.2, -0.15) is 4.98 Å². The molecule has 0 aliphatic carbocycles. The summed E-state index contributed by atoms with van der Waals surface area (Å²) in [6.07, 6.45) is 0. The predicted octanol–water partition coefficient (Wildman–Crippen LogP) is 2.68. The number of anilines is 1. The number of ether oxygens (including phenoxy) is 2. The lowest BCUT2D eigenvalue weighted by atomic mass is 10.2. The fourth-order valence-electron chi connectivity index (χ4n) is 2.65. The molecule has 0 unspecified atom stereocenters. The maximum absolute atomic E-state index is 12.6. The Morgan fingerprint density at radius 3 is 2.57 bits per heavy atom. The van der Waals surface area contributed by atoms with Crippen molar-refractivity contribution in [2.24, 2.45) is 0 Å². The highest BCUT2D eigenvalue weighted by Crippen LogP contribution is 2.17. The summed E-state index contributed by atoms with van der Waals surface area (Å²) >= 11 is 0. The van der Waals surface area contributed by atoms with Crippen molar-refractivity contribution in [3.05, 3.63) is 65.8 Å². The summed E-state index contributed by atoms with van der Waals surface area (Å²) in [5.74, 6) is 1.51. The molecule has 9 heteroatoms. The summed E-state index contributed by atoms with van der Waals surface area (Å²) in [4.78, 5) is 30.2. The molecule has 2 aromatic carbocycles. The minimum Gasteiger partial charge on any atom is -0.497 e. The Bertz CT molecular complexity index is 1020. The minimum absolute atomic E-state index is 0.0918. The van der Waals surface area contributed by atoms with Gasteiger partial charge in [0.1, 0.15) is 11.5 Å². The molecule has 0 saturated carbocycles. The first-order valence-corrected chi connectivity index (χ1v) is 9.16. The molecule has 0 atom stereocenters. The topological polar surface area (TPSA) is 107 Å². The van der Waals surface area contributed by atoms with Crippen LogP contribution in [0.2, 0.25) is 0 Å². The van der Waals surface area contributed by atoms with Crippen molar-refractivity contribution in [1.29, 1.82) is 0 Å². The Balaban J connectivity index is 1.52. The molecular weight excluding hydrogens is 388 g/mol. The molecule has 0 bridgehead atoms. The number of hydrogen-bond donors (Lipinski definition) is 1. The fourth-order valence-corrected chi connectivity index (χ4v) is 2.65. The number of aryl methyl sites for hydroxylation is 1. The summed E-state index contributed by atoms with van der Waals surface area (Å²) in [5.41, 5.74) is 1.04. The van der Waals surface area contributed by atoms with Crippen LogP contribution < -0.4 is 14.8 Å². The van der Waals surface area contributed by atoms with E-state index in [1.165, 1.54) is 4.90 Å². The van der Waals surface area contributed by atoms with E-state index in [4.69, 9.17) is 14.0 Å². The Labute approximate surface area is 173 Å². The second-order valence-electron chi connectivity index (χ2n) is 6.48. The van der Waals surface area contributed by atoms with E-state index in [1.807, 2.05) is 0 Å². The second kappa shape index (κ2) is 9.55. The standard InChI is InChI=1S/C21H22N4O5/c1-14-22-19(24-30-14)13-29-17-9-7-15(8-10-17)21(27)25(2)12-20(26)23-16-5-4-6-18(11-16)28-3/h4-11H,12-13H2,1-3H3,(H,23,26). The summed E-state index contributed by atoms with van der Waals surface area (Å²) in [5, 5.41) is 6.49. The van der Waals surface area contributed by atoms with Gasteiger partial charge in [0.25, 0.3) is 5.91 Å². The highest BCUT2D eigenvalue weighted by Gasteiger charge is 2.15. The second-order valence-corrected chi connectivity index (χ2v) is 6.48. The summed E-state index contributed by atoms with van der Waals surface area (Å²) in [6, 6.07) is 13.6. The van der Waals surface area contributed by atoms with E-state index in [0.29, 0.717) is 34.5 Å². The zero-order valence-electron chi connectivity index (χ0n) is 16.9. The molecule has 3 rings (SSSR count). The molecule has 3 aromatic rings.